The van der Waals surface area contributed by atoms with E-state index in [9.17, 15) is 4.79 Å². The van der Waals surface area contributed by atoms with Crippen LogP contribution in [0.25, 0.3) is 0 Å². The van der Waals surface area contributed by atoms with Crippen molar-refractivity contribution in [2.75, 3.05) is 41.1 Å². The van der Waals surface area contributed by atoms with Crippen LogP contribution >= 0.6 is 81.2 Å². The lowest BCUT2D eigenvalue weighted by molar-refractivity contribution is -0.126. The van der Waals surface area contributed by atoms with Gasteiger partial charge in [-0.25, -0.2) is 4.79 Å². The molecule has 5 N–H and O–H groups in total. The molecule has 21 nitrogen and oxygen atoms in total. The van der Waals surface area contributed by atoms with E-state index in [2.05, 4.69) is 81.1 Å². The molecule has 0 fully saturated rings. The molecule has 0 bridgehead atoms. The van der Waals surface area contributed by atoms with E-state index in [1.54, 1.807) is 84.9 Å². The molecule has 8 aromatic rings. The SMILES string of the molecule is O=c1nc(Nc2ccc(COC(COc3ccc(Nc4nc(Cl)nc(Cl)n4)cc3)(COc3ccc(Nc4nc(Cl)nc(Cl)n4)cc3)COc3ccc(Nc4nc(Cl)nc(Cl)n4)cc3)cc2)nc(Cl)[nH]1. The summed E-state index contributed by atoms with van der Waals surface area (Å²) in [5.41, 5.74) is 1.21. The van der Waals surface area contributed by atoms with Gasteiger partial charge in [0.25, 0.3) is 0 Å². The smallest absolute Gasteiger partial charge is 0.350 e. The van der Waals surface area contributed by atoms with Gasteiger partial charge in [-0.15, -0.1) is 0 Å². The molecule has 8 rings (SSSR count). The standard InChI is InChI=1S/C41H29Cl7N16O5/c42-29-53-30(43)57-36(56-29)49-23-5-11-26(12-6-23)66-18-41(19-67-27-13-7-24(8-14-27)50-37-58-31(44)54-32(45)59-37,20-68-28-15-9-25(10-16-28)51-38-60-33(46)55-34(47)61-38)69-17-21-1-3-22(4-2-21)52-39-62-35(48)63-40(65)64-39/h1-16H,17-20H2,(H,49,53,56,57)(H,50,54,58,59)(H,51,55,60,61)(H2,52,62,63,64,65). The van der Waals surface area contributed by atoms with Gasteiger partial charge in [0.2, 0.25) is 60.8 Å². The highest BCUT2D eigenvalue weighted by molar-refractivity contribution is 6.32. The predicted octanol–water partition coefficient (Wildman–Crippen LogP) is 9.76. The van der Waals surface area contributed by atoms with Gasteiger partial charge in [0.15, 0.2) is 5.60 Å². The molecule has 4 aromatic carbocycles. The molecule has 0 spiro atoms. The third-order valence-electron chi connectivity index (χ3n) is 8.96. The number of halogens is 7. The van der Waals surface area contributed by atoms with Crippen molar-refractivity contribution in [3.8, 4) is 17.2 Å². The number of hydrogen-bond acceptors (Lipinski definition) is 20. The zero-order valence-corrected chi connectivity index (χ0v) is 40.0. The number of nitrogens with zero attached hydrogens (tertiary/aromatic N) is 11. The molecule has 0 amide bonds. The van der Waals surface area contributed by atoms with Crippen molar-refractivity contribution >= 4 is 128 Å². The third kappa shape index (κ3) is 14.7. The van der Waals surface area contributed by atoms with E-state index in [1.165, 1.54) is 0 Å². The molecule has 0 radical (unpaired) electrons. The van der Waals surface area contributed by atoms with Gasteiger partial charge in [-0.2, -0.15) is 54.8 Å². The minimum Gasteiger partial charge on any atom is -0.490 e. The summed E-state index contributed by atoms with van der Waals surface area (Å²) in [7, 11) is 0. The van der Waals surface area contributed by atoms with E-state index in [0.29, 0.717) is 40.0 Å². The minimum absolute atomic E-state index is 0.0214. The number of benzene rings is 4. The summed E-state index contributed by atoms with van der Waals surface area (Å²) < 4.78 is 26.1. The second-order valence-corrected chi connectivity index (χ2v) is 16.4. The average molecular weight is 1070 g/mol. The molecule has 352 valence electrons. The van der Waals surface area contributed by atoms with Crippen LogP contribution in [-0.4, -0.2) is 85.2 Å². The molecular formula is C41H29Cl7N16O5. The summed E-state index contributed by atoms with van der Waals surface area (Å²) in [6, 6.07) is 28.1. The first-order valence-electron chi connectivity index (χ1n) is 19.6. The first-order valence-corrected chi connectivity index (χ1v) is 22.3. The maximum absolute atomic E-state index is 11.8. The molecule has 0 aliphatic rings. The van der Waals surface area contributed by atoms with Crippen LogP contribution in [0.3, 0.4) is 0 Å². The Morgan fingerprint density at radius 3 is 1.03 bits per heavy atom. The first-order chi connectivity index (χ1) is 33.3. The Hall–Kier alpha value is -6.69. The number of aromatic amines is 1. The van der Waals surface area contributed by atoms with Gasteiger partial charge in [-0.3, -0.25) is 4.98 Å². The first kappa shape index (κ1) is 48.8. The molecule has 0 saturated carbocycles. The summed E-state index contributed by atoms with van der Waals surface area (Å²) >= 11 is 41.7. The van der Waals surface area contributed by atoms with Crippen molar-refractivity contribution in [3.63, 3.8) is 0 Å². The largest absolute Gasteiger partial charge is 0.490 e. The van der Waals surface area contributed by atoms with Gasteiger partial charge in [-0.05, 0) is 172 Å². The van der Waals surface area contributed by atoms with E-state index < -0.39 is 11.3 Å². The Morgan fingerprint density at radius 1 is 0.406 bits per heavy atom. The maximum Gasteiger partial charge on any atom is 0.350 e. The van der Waals surface area contributed by atoms with Crippen LogP contribution in [-0.2, 0) is 11.3 Å². The molecular weight excluding hydrogens is 1040 g/mol. The highest BCUT2D eigenvalue weighted by Gasteiger charge is 2.36. The molecule has 28 heteroatoms. The summed E-state index contributed by atoms with van der Waals surface area (Å²) in [6.07, 6.45) is 0. The number of ether oxygens (including phenoxy) is 4. The number of nitrogens with one attached hydrogen (secondary N) is 5. The van der Waals surface area contributed by atoms with Gasteiger partial charge < -0.3 is 40.2 Å². The fourth-order valence-corrected chi connectivity index (χ4v) is 7.05. The van der Waals surface area contributed by atoms with Crippen molar-refractivity contribution in [3.05, 3.63) is 150 Å². The van der Waals surface area contributed by atoms with Crippen LogP contribution in [0.1, 0.15) is 5.56 Å². The number of aromatic nitrogens is 12. The summed E-state index contributed by atoms with van der Waals surface area (Å²) in [4.78, 5) is 57.6. The summed E-state index contributed by atoms with van der Waals surface area (Å²) in [5, 5.41) is 11.5. The lowest BCUT2D eigenvalue weighted by Crippen LogP contribution is -2.50. The van der Waals surface area contributed by atoms with Crippen LogP contribution in [0.5, 0.6) is 17.2 Å². The lowest BCUT2D eigenvalue weighted by atomic mass is 10.1. The van der Waals surface area contributed by atoms with Crippen LogP contribution in [0.2, 0.25) is 37.0 Å². The van der Waals surface area contributed by atoms with Crippen molar-refractivity contribution in [1.29, 1.82) is 0 Å². The summed E-state index contributed by atoms with van der Waals surface area (Å²) in [6.45, 7) is -0.192. The second-order valence-electron chi connectivity index (χ2n) is 14.0. The lowest BCUT2D eigenvalue weighted by Gasteiger charge is -2.33. The van der Waals surface area contributed by atoms with E-state index >= 15 is 0 Å². The Kier molecular flexibility index (Phi) is 16.0. The van der Waals surface area contributed by atoms with Gasteiger partial charge in [0, 0.05) is 22.7 Å². The zero-order chi connectivity index (χ0) is 48.3. The van der Waals surface area contributed by atoms with Crippen LogP contribution in [0, 0.1) is 0 Å². The van der Waals surface area contributed by atoms with Gasteiger partial charge in [0.05, 0.1) is 6.61 Å². The molecule has 69 heavy (non-hydrogen) atoms. The highest BCUT2D eigenvalue weighted by Crippen LogP contribution is 2.28. The van der Waals surface area contributed by atoms with Gasteiger partial charge >= 0.3 is 5.69 Å². The molecule has 0 unspecified atom stereocenters. The topological polar surface area (TPSA) is 260 Å². The van der Waals surface area contributed by atoms with Crippen molar-refractivity contribution in [2.24, 2.45) is 0 Å². The summed E-state index contributed by atoms with van der Waals surface area (Å²) in [5.74, 6) is 1.90. The number of hydrogen-bond donors (Lipinski definition) is 5. The Balaban J connectivity index is 1.04. The monoisotopic (exact) mass is 1070 g/mol. The molecule has 0 aliphatic carbocycles. The molecule has 0 atom stereocenters. The normalized spacial score (nSPS) is 11.2. The van der Waals surface area contributed by atoms with E-state index in [4.69, 9.17) is 100 Å². The van der Waals surface area contributed by atoms with E-state index in [1.807, 2.05) is 12.1 Å². The van der Waals surface area contributed by atoms with Crippen LogP contribution in [0.15, 0.2) is 102 Å². The Bertz CT molecular complexity index is 2790. The predicted molar refractivity (Wildman–Crippen MR) is 260 cm³/mol. The zero-order valence-electron chi connectivity index (χ0n) is 34.7. The molecule has 0 saturated heterocycles. The number of H-pyrrole nitrogens is 1. The maximum atomic E-state index is 11.8. The number of rotatable bonds is 20. The Morgan fingerprint density at radius 2 is 0.710 bits per heavy atom. The van der Waals surface area contributed by atoms with Gasteiger partial charge in [0.1, 0.15) is 37.1 Å². The third-order valence-corrected chi connectivity index (χ3v) is 10.1. The highest BCUT2D eigenvalue weighted by atomic mass is 35.5. The number of anilines is 8. The van der Waals surface area contributed by atoms with Crippen molar-refractivity contribution in [2.45, 2.75) is 12.2 Å². The van der Waals surface area contributed by atoms with Crippen molar-refractivity contribution < 1.29 is 18.9 Å². The van der Waals surface area contributed by atoms with Gasteiger partial charge in [-0.1, -0.05) is 12.1 Å². The van der Waals surface area contributed by atoms with E-state index in [0.717, 1.165) is 5.56 Å². The van der Waals surface area contributed by atoms with Crippen LogP contribution < -0.4 is 41.2 Å². The molecule has 0 aliphatic heterocycles. The van der Waals surface area contributed by atoms with E-state index in [-0.39, 0.29) is 87.2 Å². The van der Waals surface area contributed by atoms with Crippen LogP contribution in [0.4, 0.5) is 46.5 Å². The average Bonchev–Trinajstić information content (AvgIpc) is 3.29. The van der Waals surface area contributed by atoms with Crippen molar-refractivity contribution in [1.82, 2.24) is 59.8 Å². The minimum atomic E-state index is -1.31. The Labute approximate surface area is 424 Å². The molecule has 4 heterocycles. The fourth-order valence-electron chi connectivity index (χ4n) is 5.79. The molecule has 4 aromatic heterocycles. The second kappa shape index (κ2) is 22.6. The quantitative estimate of drug-likeness (QED) is 0.0475. The fraction of sp³-hybridized carbons (Fsp3) is 0.122.